The van der Waals surface area contributed by atoms with E-state index in [4.69, 9.17) is 0 Å². The molecule has 30 heavy (non-hydrogen) atoms. The third-order valence-electron chi connectivity index (χ3n) is 7.06. The number of nitrogens with one attached hydrogen (secondary N) is 1. The Bertz CT molecular complexity index is 903. The first-order chi connectivity index (χ1) is 14.4. The lowest BCUT2D eigenvalue weighted by Crippen LogP contribution is -2.40. The van der Waals surface area contributed by atoms with E-state index in [0.29, 0.717) is 43.0 Å². The number of carbonyl (C=O) groups is 2. The minimum Gasteiger partial charge on any atom is -0.326 e. The number of rotatable bonds is 4. The minimum absolute atomic E-state index is 0.0187. The fourth-order valence-electron chi connectivity index (χ4n) is 5.31. The highest BCUT2D eigenvalue weighted by molar-refractivity contribution is 7.89. The fourth-order valence-corrected chi connectivity index (χ4v) is 7.08. The van der Waals surface area contributed by atoms with Gasteiger partial charge in [0.15, 0.2) is 0 Å². The number of aryl methyl sites for hydroxylation is 1. The topological polar surface area (TPSA) is 83.5 Å². The number of carbonyl (C=O) groups excluding carboxylic acids is 2. The molecular formula is C23H32N2O4S. The van der Waals surface area contributed by atoms with Crippen molar-refractivity contribution in [3.05, 3.63) is 23.8 Å². The molecule has 2 aliphatic carbocycles. The number of ketones is 1. The van der Waals surface area contributed by atoms with Gasteiger partial charge in [0.05, 0.1) is 4.90 Å². The number of hydrogen-bond donors (Lipinski definition) is 1. The molecule has 1 amide bonds. The summed E-state index contributed by atoms with van der Waals surface area (Å²) in [4.78, 5) is 25.5. The molecule has 0 spiro atoms. The Labute approximate surface area is 179 Å². The van der Waals surface area contributed by atoms with Crippen LogP contribution >= 0.6 is 0 Å². The Kier molecular flexibility index (Phi) is 6.30. The van der Waals surface area contributed by atoms with Gasteiger partial charge in [-0.3, -0.25) is 9.59 Å². The third kappa shape index (κ3) is 4.33. The van der Waals surface area contributed by atoms with Crippen LogP contribution in [0.25, 0.3) is 0 Å². The van der Waals surface area contributed by atoms with Gasteiger partial charge in [-0.05, 0) is 63.1 Å². The maximum Gasteiger partial charge on any atom is 0.243 e. The molecule has 1 aliphatic heterocycles. The van der Waals surface area contributed by atoms with E-state index < -0.39 is 10.0 Å². The van der Waals surface area contributed by atoms with Crippen LogP contribution in [0.1, 0.15) is 63.4 Å². The second kappa shape index (κ2) is 8.79. The van der Waals surface area contributed by atoms with Crippen LogP contribution in [-0.2, 0) is 19.6 Å². The van der Waals surface area contributed by atoms with Gasteiger partial charge >= 0.3 is 0 Å². The molecule has 1 N–H and O–H groups in total. The van der Waals surface area contributed by atoms with E-state index in [-0.39, 0.29) is 28.6 Å². The lowest BCUT2D eigenvalue weighted by Gasteiger charge is -2.36. The Morgan fingerprint density at radius 1 is 1.00 bits per heavy atom. The van der Waals surface area contributed by atoms with Crippen LogP contribution in [0.3, 0.4) is 0 Å². The Balaban J connectivity index is 1.50. The van der Waals surface area contributed by atoms with E-state index in [2.05, 4.69) is 5.32 Å². The maximum atomic E-state index is 13.2. The molecule has 1 heterocycles. The summed E-state index contributed by atoms with van der Waals surface area (Å²) < 4.78 is 28.1. The number of amides is 1. The highest BCUT2D eigenvalue weighted by Gasteiger charge is 2.41. The van der Waals surface area contributed by atoms with Gasteiger partial charge < -0.3 is 5.32 Å². The zero-order valence-electron chi connectivity index (χ0n) is 17.7. The molecular weight excluding hydrogens is 400 g/mol. The van der Waals surface area contributed by atoms with Crippen molar-refractivity contribution in [1.82, 2.24) is 4.31 Å². The fraction of sp³-hybridized carbons (Fsp3) is 0.652. The number of anilines is 1. The van der Waals surface area contributed by atoms with Crippen molar-refractivity contribution in [2.24, 2.45) is 17.8 Å². The third-order valence-corrected chi connectivity index (χ3v) is 9.10. The summed E-state index contributed by atoms with van der Waals surface area (Å²) in [6.45, 7) is 2.90. The van der Waals surface area contributed by atoms with E-state index in [0.717, 1.165) is 44.9 Å². The van der Waals surface area contributed by atoms with Crippen LogP contribution in [-0.4, -0.2) is 37.5 Å². The molecule has 3 aliphatic rings. The molecule has 7 heteroatoms. The first-order valence-corrected chi connectivity index (χ1v) is 12.8. The van der Waals surface area contributed by atoms with Crippen LogP contribution in [0, 0.1) is 24.7 Å². The molecule has 0 aromatic heterocycles. The van der Waals surface area contributed by atoms with Crippen LogP contribution in [0.4, 0.5) is 5.69 Å². The predicted molar refractivity (Wildman–Crippen MR) is 116 cm³/mol. The smallest absolute Gasteiger partial charge is 0.243 e. The van der Waals surface area contributed by atoms with Crippen LogP contribution < -0.4 is 5.32 Å². The molecule has 3 fully saturated rings. The SMILES string of the molecule is Cc1ccc(NC(=O)C2CC3CCCC(C2)C3=O)cc1S(=O)(=O)N1CCCCCC1. The number of sulfonamides is 1. The molecule has 2 saturated carbocycles. The average molecular weight is 433 g/mol. The van der Waals surface area contributed by atoms with E-state index in [1.807, 2.05) is 0 Å². The maximum absolute atomic E-state index is 13.2. The molecule has 2 unspecified atom stereocenters. The quantitative estimate of drug-likeness (QED) is 0.782. The van der Waals surface area contributed by atoms with Gasteiger partial charge in [-0.2, -0.15) is 4.31 Å². The van der Waals surface area contributed by atoms with Crippen molar-refractivity contribution in [3.8, 4) is 0 Å². The average Bonchev–Trinajstić information content (AvgIpc) is 2.99. The summed E-state index contributed by atoms with van der Waals surface area (Å²) in [5.74, 6) is 0.105. The molecule has 2 atom stereocenters. The highest BCUT2D eigenvalue weighted by atomic mass is 32.2. The summed E-state index contributed by atoms with van der Waals surface area (Å²) in [7, 11) is -3.58. The van der Waals surface area contributed by atoms with Gasteiger partial charge in [-0.15, -0.1) is 0 Å². The number of benzene rings is 1. The van der Waals surface area contributed by atoms with Crippen LogP contribution in [0.15, 0.2) is 23.1 Å². The molecule has 2 bridgehead atoms. The lowest BCUT2D eigenvalue weighted by molar-refractivity contribution is -0.136. The molecule has 1 aromatic rings. The Morgan fingerprint density at radius 2 is 1.63 bits per heavy atom. The van der Waals surface area contributed by atoms with Gasteiger partial charge in [0, 0.05) is 36.5 Å². The number of fused-ring (bicyclic) bond motifs is 2. The lowest BCUT2D eigenvalue weighted by atomic mass is 9.67. The Morgan fingerprint density at radius 3 is 2.27 bits per heavy atom. The second-order valence-corrected chi connectivity index (χ2v) is 11.1. The number of Topliss-reactive ketones (excluding diaryl/α,β-unsaturated/α-hetero) is 1. The van der Waals surface area contributed by atoms with Crippen molar-refractivity contribution in [3.63, 3.8) is 0 Å². The molecule has 4 rings (SSSR count). The van der Waals surface area contributed by atoms with Crippen molar-refractivity contribution in [1.29, 1.82) is 0 Å². The predicted octanol–water partition coefficient (Wildman–Crippen LogP) is 3.89. The van der Waals surface area contributed by atoms with E-state index >= 15 is 0 Å². The van der Waals surface area contributed by atoms with Crippen molar-refractivity contribution < 1.29 is 18.0 Å². The molecule has 6 nitrogen and oxygen atoms in total. The summed E-state index contributed by atoms with van der Waals surface area (Å²) in [6, 6.07) is 5.13. The normalized spacial score (nSPS) is 28.0. The van der Waals surface area contributed by atoms with E-state index in [1.165, 1.54) is 0 Å². The monoisotopic (exact) mass is 432 g/mol. The zero-order valence-corrected chi connectivity index (χ0v) is 18.5. The largest absolute Gasteiger partial charge is 0.326 e. The van der Waals surface area contributed by atoms with Crippen molar-refractivity contribution >= 4 is 27.4 Å². The summed E-state index contributed by atoms with van der Waals surface area (Å²) in [5, 5.41) is 2.94. The van der Waals surface area contributed by atoms with Crippen LogP contribution in [0.5, 0.6) is 0 Å². The second-order valence-electron chi connectivity index (χ2n) is 9.18. The molecule has 164 valence electrons. The van der Waals surface area contributed by atoms with Crippen LogP contribution in [0.2, 0.25) is 0 Å². The molecule has 0 radical (unpaired) electrons. The summed E-state index contributed by atoms with van der Waals surface area (Å²) in [5.41, 5.74) is 1.20. The van der Waals surface area contributed by atoms with Gasteiger partial charge in [0.2, 0.25) is 15.9 Å². The number of nitrogens with zero attached hydrogens (tertiary/aromatic N) is 1. The van der Waals surface area contributed by atoms with Crippen molar-refractivity contribution in [2.45, 2.75) is 69.6 Å². The van der Waals surface area contributed by atoms with Gasteiger partial charge in [0.1, 0.15) is 5.78 Å². The van der Waals surface area contributed by atoms with E-state index in [9.17, 15) is 18.0 Å². The standard InChI is InChI=1S/C23H32N2O4S/c1-16-9-10-20(15-21(16)30(28,29)25-11-4-2-3-5-12-25)24-23(27)19-13-17-7-6-8-18(14-19)22(17)26/h9-10,15,17-19H,2-8,11-14H2,1H3,(H,24,27). The van der Waals surface area contributed by atoms with Crippen molar-refractivity contribution in [2.75, 3.05) is 18.4 Å². The summed E-state index contributed by atoms with van der Waals surface area (Å²) >= 11 is 0. The first-order valence-electron chi connectivity index (χ1n) is 11.3. The first kappa shape index (κ1) is 21.5. The zero-order chi connectivity index (χ0) is 21.3. The molecule has 1 aromatic carbocycles. The van der Waals surface area contributed by atoms with E-state index in [1.54, 1.807) is 29.4 Å². The number of hydrogen-bond acceptors (Lipinski definition) is 4. The highest BCUT2D eigenvalue weighted by Crippen LogP contribution is 2.40. The van der Waals surface area contributed by atoms with Gasteiger partial charge in [-0.25, -0.2) is 8.42 Å². The van der Waals surface area contributed by atoms with Gasteiger partial charge in [-0.1, -0.05) is 25.3 Å². The molecule has 1 saturated heterocycles. The van der Waals surface area contributed by atoms with Gasteiger partial charge in [0.25, 0.3) is 0 Å². The minimum atomic E-state index is -3.58. The summed E-state index contributed by atoms with van der Waals surface area (Å²) in [6.07, 6.45) is 7.99. The Hall–Kier alpha value is -1.73.